The first-order valence-electron chi connectivity index (χ1n) is 8.20. The maximum absolute atomic E-state index is 14.3. The molecule has 5 nitrogen and oxygen atoms in total. The number of hydrogen-bond acceptors (Lipinski definition) is 4. The quantitative estimate of drug-likeness (QED) is 0.872. The van der Waals surface area contributed by atoms with E-state index in [-0.39, 0.29) is 17.6 Å². The van der Waals surface area contributed by atoms with Gasteiger partial charge in [-0.25, -0.2) is 4.39 Å². The third kappa shape index (κ3) is 4.09. The van der Waals surface area contributed by atoms with E-state index in [0.717, 1.165) is 18.5 Å². The molecule has 0 aromatic heterocycles. The molecular formula is C19H21FN2O3. The molecule has 1 fully saturated rings. The normalized spacial score (nSPS) is 16.5. The highest BCUT2D eigenvalue weighted by atomic mass is 19.1. The fourth-order valence-electron chi connectivity index (χ4n) is 2.76. The molecule has 132 valence electrons. The van der Waals surface area contributed by atoms with Crippen LogP contribution in [0, 0.1) is 18.7 Å². The SMILES string of the molecule is COc1cc(C)ccc1Oc1ccc(NC(=O)C2CCNC2)cc1F. The second kappa shape index (κ2) is 7.53. The molecule has 1 atom stereocenters. The number of methoxy groups -OCH3 is 1. The van der Waals surface area contributed by atoms with Crippen molar-refractivity contribution in [1.82, 2.24) is 5.32 Å². The number of aryl methyl sites for hydroxylation is 1. The Morgan fingerprint density at radius 3 is 2.68 bits per heavy atom. The molecule has 25 heavy (non-hydrogen) atoms. The second-order valence-corrected chi connectivity index (χ2v) is 6.08. The highest BCUT2D eigenvalue weighted by Gasteiger charge is 2.22. The smallest absolute Gasteiger partial charge is 0.228 e. The average Bonchev–Trinajstić information content (AvgIpc) is 3.13. The van der Waals surface area contributed by atoms with Crippen molar-refractivity contribution in [1.29, 1.82) is 0 Å². The Morgan fingerprint density at radius 1 is 1.20 bits per heavy atom. The van der Waals surface area contributed by atoms with Crippen molar-refractivity contribution in [3.8, 4) is 17.2 Å². The fourth-order valence-corrected chi connectivity index (χ4v) is 2.76. The molecule has 1 aliphatic rings. The van der Waals surface area contributed by atoms with Gasteiger partial charge in [0.15, 0.2) is 23.1 Å². The van der Waals surface area contributed by atoms with Gasteiger partial charge in [0, 0.05) is 18.3 Å². The molecule has 1 aliphatic heterocycles. The minimum Gasteiger partial charge on any atom is -0.493 e. The van der Waals surface area contributed by atoms with Gasteiger partial charge in [0.2, 0.25) is 5.91 Å². The molecule has 0 saturated carbocycles. The summed E-state index contributed by atoms with van der Waals surface area (Å²) in [6.45, 7) is 3.42. The number of carbonyl (C=O) groups is 1. The Balaban J connectivity index is 1.72. The minimum atomic E-state index is -0.551. The summed E-state index contributed by atoms with van der Waals surface area (Å²) in [5.74, 6) is 0.313. The summed E-state index contributed by atoms with van der Waals surface area (Å²) in [5.41, 5.74) is 1.43. The summed E-state index contributed by atoms with van der Waals surface area (Å²) in [5, 5.41) is 5.88. The van der Waals surface area contributed by atoms with Crippen LogP contribution < -0.4 is 20.1 Å². The van der Waals surface area contributed by atoms with E-state index in [1.54, 1.807) is 12.1 Å². The van der Waals surface area contributed by atoms with Crippen LogP contribution in [0.1, 0.15) is 12.0 Å². The zero-order chi connectivity index (χ0) is 17.8. The first-order chi connectivity index (χ1) is 12.1. The van der Waals surface area contributed by atoms with Gasteiger partial charge < -0.3 is 20.1 Å². The third-order valence-corrected chi connectivity index (χ3v) is 4.17. The molecule has 6 heteroatoms. The van der Waals surface area contributed by atoms with Gasteiger partial charge in [0.25, 0.3) is 0 Å². The standard InChI is InChI=1S/C19H21FN2O3/c1-12-3-5-17(18(9-12)24-2)25-16-6-4-14(10-15(16)20)22-19(23)13-7-8-21-11-13/h3-6,9-10,13,21H,7-8,11H2,1-2H3,(H,22,23). The molecule has 2 aromatic carbocycles. The predicted octanol–water partition coefficient (Wildman–Crippen LogP) is 3.48. The summed E-state index contributed by atoms with van der Waals surface area (Å²) >= 11 is 0. The summed E-state index contributed by atoms with van der Waals surface area (Å²) in [4.78, 5) is 12.1. The first kappa shape index (κ1) is 17.2. The van der Waals surface area contributed by atoms with Crippen molar-refractivity contribution in [3.05, 3.63) is 47.8 Å². The molecule has 1 heterocycles. The van der Waals surface area contributed by atoms with Crippen LogP contribution in [-0.4, -0.2) is 26.1 Å². The van der Waals surface area contributed by atoms with Crippen LogP contribution in [0.25, 0.3) is 0 Å². The number of halogens is 1. The van der Waals surface area contributed by atoms with E-state index in [4.69, 9.17) is 9.47 Å². The predicted molar refractivity (Wildman–Crippen MR) is 93.8 cm³/mol. The first-order valence-corrected chi connectivity index (χ1v) is 8.20. The molecular weight excluding hydrogens is 323 g/mol. The van der Waals surface area contributed by atoms with Crippen LogP contribution in [0.15, 0.2) is 36.4 Å². The maximum atomic E-state index is 14.3. The van der Waals surface area contributed by atoms with Crippen molar-refractivity contribution in [2.45, 2.75) is 13.3 Å². The lowest BCUT2D eigenvalue weighted by Crippen LogP contribution is -2.24. The number of ether oxygens (including phenoxy) is 2. The number of hydrogen-bond donors (Lipinski definition) is 2. The van der Waals surface area contributed by atoms with Crippen molar-refractivity contribution in [2.24, 2.45) is 5.92 Å². The topological polar surface area (TPSA) is 59.6 Å². The lowest BCUT2D eigenvalue weighted by atomic mass is 10.1. The molecule has 0 radical (unpaired) electrons. The summed E-state index contributed by atoms with van der Waals surface area (Å²) < 4.78 is 25.2. The molecule has 1 unspecified atom stereocenters. The van der Waals surface area contributed by atoms with Gasteiger partial charge in [-0.2, -0.15) is 0 Å². The van der Waals surface area contributed by atoms with Crippen LogP contribution in [0.5, 0.6) is 17.2 Å². The molecule has 0 bridgehead atoms. The van der Waals surface area contributed by atoms with Crippen molar-refractivity contribution < 1.29 is 18.7 Å². The van der Waals surface area contributed by atoms with E-state index in [2.05, 4.69) is 10.6 Å². The number of amides is 1. The van der Waals surface area contributed by atoms with E-state index in [1.165, 1.54) is 19.2 Å². The van der Waals surface area contributed by atoms with Crippen LogP contribution in [0.3, 0.4) is 0 Å². The Kier molecular flexibility index (Phi) is 5.19. The molecule has 0 aliphatic carbocycles. The van der Waals surface area contributed by atoms with Gasteiger partial charge in [-0.3, -0.25) is 4.79 Å². The maximum Gasteiger partial charge on any atom is 0.228 e. The molecule has 1 amide bonds. The van der Waals surface area contributed by atoms with Crippen LogP contribution in [0.4, 0.5) is 10.1 Å². The van der Waals surface area contributed by atoms with Crippen LogP contribution in [0.2, 0.25) is 0 Å². The minimum absolute atomic E-state index is 0.0719. The van der Waals surface area contributed by atoms with E-state index in [1.807, 2.05) is 19.1 Å². The van der Waals surface area contributed by atoms with Crippen molar-refractivity contribution >= 4 is 11.6 Å². The van der Waals surface area contributed by atoms with Crippen LogP contribution in [-0.2, 0) is 4.79 Å². The van der Waals surface area contributed by atoms with Gasteiger partial charge in [-0.05, 0) is 49.7 Å². The highest BCUT2D eigenvalue weighted by Crippen LogP contribution is 2.34. The number of benzene rings is 2. The van der Waals surface area contributed by atoms with Gasteiger partial charge in [0.05, 0.1) is 13.0 Å². The molecule has 2 N–H and O–H groups in total. The van der Waals surface area contributed by atoms with Crippen molar-refractivity contribution in [2.75, 3.05) is 25.5 Å². The molecule has 3 rings (SSSR count). The second-order valence-electron chi connectivity index (χ2n) is 6.08. The van der Waals surface area contributed by atoms with Gasteiger partial charge >= 0.3 is 0 Å². The summed E-state index contributed by atoms with van der Waals surface area (Å²) in [7, 11) is 1.54. The summed E-state index contributed by atoms with van der Waals surface area (Å²) in [6.07, 6.45) is 0.794. The van der Waals surface area contributed by atoms with E-state index in [9.17, 15) is 9.18 Å². The number of nitrogens with one attached hydrogen (secondary N) is 2. The Labute approximate surface area is 146 Å². The van der Waals surface area contributed by atoms with Gasteiger partial charge in [0.1, 0.15) is 0 Å². The number of anilines is 1. The monoisotopic (exact) mass is 344 g/mol. The largest absolute Gasteiger partial charge is 0.493 e. The summed E-state index contributed by atoms with van der Waals surface area (Å²) in [6, 6.07) is 9.79. The zero-order valence-corrected chi connectivity index (χ0v) is 14.3. The lowest BCUT2D eigenvalue weighted by Gasteiger charge is -2.13. The fraction of sp³-hybridized carbons (Fsp3) is 0.316. The molecule has 2 aromatic rings. The van der Waals surface area contributed by atoms with Crippen molar-refractivity contribution in [3.63, 3.8) is 0 Å². The number of carbonyl (C=O) groups excluding carboxylic acids is 1. The zero-order valence-electron chi connectivity index (χ0n) is 14.3. The van der Waals surface area contributed by atoms with E-state index < -0.39 is 5.82 Å². The third-order valence-electron chi connectivity index (χ3n) is 4.17. The van der Waals surface area contributed by atoms with Crippen LogP contribution >= 0.6 is 0 Å². The van der Waals surface area contributed by atoms with Gasteiger partial charge in [-0.1, -0.05) is 6.07 Å². The van der Waals surface area contributed by atoms with E-state index in [0.29, 0.717) is 23.7 Å². The molecule has 0 spiro atoms. The van der Waals surface area contributed by atoms with E-state index >= 15 is 0 Å². The average molecular weight is 344 g/mol. The molecule has 1 saturated heterocycles. The Bertz CT molecular complexity index is 773. The van der Waals surface area contributed by atoms with Gasteiger partial charge in [-0.15, -0.1) is 0 Å². The lowest BCUT2D eigenvalue weighted by molar-refractivity contribution is -0.119. The highest BCUT2D eigenvalue weighted by molar-refractivity contribution is 5.93. The number of rotatable bonds is 5. The Hall–Kier alpha value is -2.60. The Morgan fingerprint density at radius 2 is 2.00 bits per heavy atom.